The Hall–Kier alpha value is -3.77. The molecule has 1 amide bonds. The second-order valence-electron chi connectivity index (χ2n) is 9.69. The number of likely N-dealkylation sites (tertiary alicyclic amines) is 1. The average Bonchev–Trinajstić information content (AvgIpc) is 3.37. The molecule has 36 heavy (non-hydrogen) atoms. The molecule has 0 radical (unpaired) electrons. The Morgan fingerprint density at radius 3 is 2.19 bits per heavy atom. The summed E-state index contributed by atoms with van der Waals surface area (Å²) in [5.41, 5.74) is 5.54. The van der Waals surface area contributed by atoms with Crippen molar-refractivity contribution in [3.63, 3.8) is 0 Å². The van der Waals surface area contributed by atoms with Gasteiger partial charge in [-0.2, -0.15) is 4.98 Å². The highest BCUT2D eigenvalue weighted by molar-refractivity contribution is 5.79. The van der Waals surface area contributed by atoms with E-state index in [2.05, 4.69) is 70.6 Å². The summed E-state index contributed by atoms with van der Waals surface area (Å²) in [7, 11) is 0. The fourth-order valence-electron chi connectivity index (χ4n) is 4.71. The van der Waals surface area contributed by atoms with Crippen LogP contribution in [0, 0.1) is 19.8 Å². The van der Waals surface area contributed by atoms with Gasteiger partial charge in [0.2, 0.25) is 17.6 Å². The van der Waals surface area contributed by atoms with E-state index >= 15 is 0 Å². The van der Waals surface area contributed by atoms with E-state index in [4.69, 9.17) is 4.52 Å². The molecule has 184 valence electrons. The van der Waals surface area contributed by atoms with Gasteiger partial charge >= 0.3 is 0 Å². The number of hydrogen-bond acceptors (Lipinski definition) is 5. The molecule has 1 N–H and O–H groups in total. The van der Waals surface area contributed by atoms with Crippen LogP contribution in [0.4, 0.5) is 0 Å². The van der Waals surface area contributed by atoms with Crippen LogP contribution in [0.5, 0.6) is 0 Å². The van der Waals surface area contributed by atoms with Gasteiger partial charge in [0.05, 0.1) is 12.6 Å². The number of rotatable bonds is 7. The van der Waals surface area contributed by atoms with E-state index in [0.29, 0.717) is 18.3 Å². The largest absolute Gasteiger partial charge is 0.345 e. The van der Waals surface area contributed by atoms with Gasteiger partial charge in [0.1, 0.15) is 0 Å². The molecule has 1 atom stereocenters. The zero-order valence-electron chi connectivity index (χ0n) is 20.9. The van der Waals surface area contributed by atoms with Crippen LogP contribution in [-0.2, 0) is 11.3 Å². The van der Waals surface area contributed by atoms with Gasteiger partial charge in [-0.3, -0.25) is 9.69 Å². The summed E-state index contributed by atoms with van der Waals surface area (Å²) in [4.78, 5) is 20.2. The fourth-order valence-corrected chi connectivity index (χ4v) is 4.71. The van der Waals surface area contributed by atoms with Crippen LogP contribution in [0.1, 0.15) is 47.0 Å². The Bertz CT molecular complexity index is 1270. The number of carbonyl (C=O) groups is 1. The van der Waals surface area contributed by atoms with E-state index in [1.807, 2.05) is 42.5 Å². The lowest BCUT2D eigenvalue weighted by Crippen LogP contribution is -2.41. The maximum absolute atomic E-state index is 13.3. The van der Waals surface area contributed by atoms with Gasteiger partial charge in [-0.05, 0) is 50.9 Å². The second kappa shape index (κ2) is 10.9. The van der Waals surface area contributed by atoms with E-state index in [9.17, 15) is 4.79 Å². The van der Waals surface area contributed by atoms with Crippen molar-refractivity contribution < 1.29 is 9.32 Å². The first kappa shape index (κ1) is 23.9. The summed E-state index contributed by atoms with van der Waals surface area (Å²) in [6.07, 6.45) is 1.61. The maximum Gasteiger partial charge on any atom is 0.241 e. The van der Waals surface area contributed by atoms with Gasteiger partial charge in [0.25, 0.3) is 0 Å². The van der Waals surface area contributed by atoms with Crippen molar-refractivity contribution in [2.24, 2.45) is 5.92 Å². The molecule has 1 aliphatic rings. The van der Waals surface area contributed by atoms with Crippen molar-refractivity contribution in [2.45, 2.75) is 39.3 Å². The van der Waals surface area contributed by atoms with Crippen molar-refractivity contribution in [1.29, 1.82) is 0 Å². The number of carbonyl (C=O) groups excluding carboxylic acids is 1. The number of nitrogens with one attached hydrogen (secondary N) is 1. The first-order chi connectivity index (χ1) is 17.5. The lowest BCUT2D eigenvalue weighted by Gasteiger charge is -2.31. The highest BCUT2D eigenvalue weighted by Gasteiger charge is 2.28. The molecule has 0 saturated carbocycles. The summed E-state index contributed by atoms with van der Waals surface area (Å²) < 4.78 is 5.50. The molecule has 4 aromatic rings. The number of amides is 1. The normalized spacial score (nSPS) is 15.5. The minimum Gasteiger partial charge on any atom is -0.345 e. The third-order valence-electron chi connectivity index (χ3n) is 6.93. The first-order valence-corrected chi connectivity index (χ1v) is 12.6. The molecule has 6 nitrogen and oxygen atoms in total. The van der Waals surface area contributed by atoms with Crippen LogP contribution < -0.4 is 5.32 Å². The number of piperidine rings is 1. The Kier molecular flexibility index (Phi) is 7.23. The van der Waals surface area contributed by atoms with Crippen molar-refractivity contribution >= 4 is 5.91 Å². The van der Waals surface area contributed by atoms with Crippen LogP contribution in [0.25, 0.3) is 11.4 Å². The molecular weight excluding hydrogens is 448 g/mol. The van der Waals surface area contributed by atoms with Crippen LogP contribution in [-0.4, -0.2) is 34.0 Å². The van der Waals surface area contributed by atoms with Gasteiger partial charge in [-0.25, -0.2) is 0 Å². The van der Waals surface area contributed by atoms with Crippen molar-refractivity contribution in [1.82, 2.24) is 20.4 Å². The summed E-state index contributed by atoms with van der Waals surface area (Å²) in [6, 6.07) is 26.5. The minimum absolute atomic E-state index is 0.0104. The van der Waals surface area contributed by atoms with Gasteiger partial charge in [-0.15, -0.1) is 0 Å². The molecule has 1 aliphatic heterocycles. The Balaban J connectivity index is 1.18. The molecule has 1 aromatic heterocycles. The Morgan fingerprint density at radius 1 is 0.917 bits per heavy atom. The van der Waals surface area contributed by atoms with Crippen molar-refractivity contribution in [3.05, 3.63) is 107 Å². The molecular formula is C30H32N4O2. The predicted octanol–water partition coefficient (Wildman–Crippen LogP) is 5.47. The minimum atomic E-state index is -0.157. The summed E-state index contributed by atoms with van der Waals surface area (Å²) in [6.45, 7) is 6.37. The average molecular weight is 481 g/mol. The van der Waals surface area contributed by atoms with Gasteiger partial charge in [0, 0.05) is 11.5 Å². The number of nitrogens with zero attached hydrogens (tertiary/aromatic N) is 3. The zero-order chi connectivity index (χ0) is 24.9. The third-order valence-corrected chi connectivity index (χ3v) is 6.93. The van der Waals surface area contributed by atoms with Crippen LogP contribution in [0.15, 0.2) is 83.4 Å². The summed E-state index contributed by atoms with van der Waals surface area (Å²) >= 11 is 0. The molecule has 0 bridgehead atoms. The fraction of sp³-hybridized carbons (Fsp3) is 0.300. The predicted molar refractivity (Wildman–Crippen MR) is 140 cm³/mol. The molecule has 1 unspecified atom stereocenters. The Morgan fingerprint density at radius 2 is 1.53 bits per heavy atom. The quantitative estimate of drug-likeness (QED) is 0.380. The standard InChI is InChI=1S/C30H32N4O2/c1-21-8-12-24(13-9-21)28(23-6-4-3-5-7-23)32-30(35)26-16-18-34(19-17-26)20-27-31-29(33-36-27)25-14-10-22(2)11-15-25/h3-15,26,28H,16-20H2,1-2H3,(H,32,35). The molecule has 0 aliphatic carbocycles. The molecule has 3 aromatic carbocycles. The van der Waals surface area contributed by atoms with E-state index in [1.54, 1.807) is 0 Å². The van der Waals surface area contributed by atoms with E-state index in [1.165, 1.54) is 11.1 Å². The lowest BCUT2D eigenvalue weighted by atomic mass is 9.93. The molecule has 2 heterocycles. The monoisotopic (exact) mass is 480 g/mol. The molecule has 1 saturated heterocycles. The highest BCUT2D eigenvalue weighted by Crippen LogP contribution is 2.26. The van der Waals surface area contributed by atoms with Gasteiger partial charge in [0.15, 0.2) is 0 Å². The van der Waals surface area contributed by atoms with E-state index in [0.717, 1.165) is 42.6 Å². The SMILES string of the molecule is Cc1ccc(-c2noc(CN3CCC(C(=O)NC(c4ccccc4)c4ccc(C)cc4)CC3)n2)cc1. The van der Waals surface area contributed by atoms with E-state index < -0.39 is 0 Å². The maximum atomic E-state index is 13.3. The molecule has 5 rings (SSSR count). The van der Waals surface area contributed by atoms with Crippen molar-refractivity contribution in [3.8, 4) is 11.4 Å². The van der Waals surface area contributed by atoms with Crippen LogP contribution >= 0.6 is 0 Å². The second-order valence-corrected chi connectivity index (χ2v) is 9.69. The van der Waals surface area contributed by atoms with Gasteiger partial charge < -0.3 is 9.84 Å². The smallest absolute Gasteiger partial charge is 0.241 e. The van der Waals surface area contributed by atoms with Crippen molar-refractivity contribution in [2.75, 3.05) is 13.1 Å². The Labute approximate surface area is 212 Å². The summed E-state index contributed by atoms with van der Waals surface area (Å²) in [5, 5.41) is 7.47. The third kappa shape index (κ3) is 5.71. The van der Waals surface area contributed by atoms with Gasteiger partial charge in [-0.1, -0.05) is 95.1 Å². The van der Waals surface area contributed by atoms with Crippen LogP contribution in [0.3, 0.4) is 0 Å². The molecule has 6 heteroatoms. The first-order valence-electron chi connectivity index (χ1n) is 12.6. The van der Waals surface area contributed by atoms with E-state index in [-0.39, 0.29) is 17.9 Å². The number of aromatic nitrogens is 2. The topological polar surface area (TPSA) is 71.3 Å². The number of hydrogen-bond donors (Lipinski definition) is 1. The highest BCUT2D eigenvalue weighted by atomic mass is 16.5. The number of benzene rings is 3. The number of aryl methyl sites for hydroxylation is 2. The molecule has 1 fully saturated rings. The molecule has 0 spiro atoms. The summed E-state index contributed by atoms with van der Waals surface area (Å²) in [5.74, 6) is 1.33. The zero-order valence-corrected chi connectivity index (χ0v) is 20.9. The van der Waals surface area contributed by atoms with Crippen LogP contribution in [0.2, 0.25) is 0 Å². The lowest BCUT2D eigenvalue weighted by molar-refractivity contribution is -0.127.